The Labute approximate surface area is 86.4 Å². The lowest BCUT2D eigenvalue weighted by Gasteiger charge is -2.06. The molecule has 0 radical (unpaired) electrons. The Hall–Kier alpha value is -0.810. The van der Waals surface area contributed by atoms with Gasteiger partial charge in [0.15, 0.2) is 5.78 Å². The Morgan fingerprint density at radius 1 is 1.71 bits per heavy atom. The molecule has 0 N–H and O–H groups in total. The molecule has 2 rings (SSSR count). The van der Waals surface area contributed by atoms with Crippen molar-refractivity contribution in [2.45, 2.75) is 31.8 Å². The molecule has 0 aliphatic carbocycles. The zero-order valence-electron chi connectivity index (χ0n) is 7.81. The summed E-state index contributed by atoms with van der Waals surface area (Å²) in [5, 5.41) is 5.43. The highest BCUT2D eigenvalue weighted by molar-refractivity contribution is 7.03. The highest BCUT2D eigenvalue weighted by atomic mass is 32.1. The van der Waals surface area contributed by atoms with E-state index in [0.29, 0.717) is 12.1 Å². The minimum Gasteiger partial charge on any atom is -0.378 e. The Bertz CT molecular complexity index is 294. The van der Waals surface area contributed by atoms with Gasteiger partial charge in [-0.1, -0.05) is 4.49 Å². The first-order chi connectivity index (χ1) is 6.86. The molecule has 1 aromatic heterocycles. The third-order valence-corrected chi connectivity index (χ3v) is 2.87. The number of carbonyl (C=O) groups excluding carboxylic acids is 1. The average molecular weight is 212 g/mol. The van der Waals surface area contributed by atoms with Gasteiger partial charge in [-0.3, -0.25) is 4.79 Å². The van der Waals surface area contributed by atoms with Gasteiger partial charge in [0.25, 0.3) is 0 Å². The molecule has 4 nitrogen and oxygen atoms in total. The van der Waals surface area contributed by atoms with Gasteiger partial charge < -0.3 is 4.74 Å². The van der Waals surface area contributed by atoms with Crippen LogP contribution in [0.1, 0.15) is 36.2 Å². The Kier molecular flexibility index (Phi) is 3.21. The molecular formula is C9H12N2O2S. The summed E-state index contributed by atoms with van der Waals surface area (Å²) >= 11 is 1.21. The number of carbonyl (C=O) groups is 1. The predicted molar refractivity (Wildman–Crippen MR) is 52.4 cm³/mol. The van der Waals surface area contributed by atoms with Crippen molar-refractivity contribution in [3.63, 3.8) is 0 Å². The van der Waals surface area contributed by atoms with Crippen LogP contribution in [-0.4, -0.2) is 28.1 Å². The van der Waals surface area contributed by atoms with Crippen LogP contribution in [0.2, 0.25) is 0 Å². The lowest BCUT2D eigenvalue weighted by molar-refractivity contribution is 0.0856. The molecule has 1 fully saturated rings. The molecule has 76 valence electrons. The van der Waals surface area contributed by atoms with Crippen LogP contribution in [0.15, 0.2) is 5.38 Å². The normalized spacial score (nSPS) is 21.3. The van der Waals surface area contributed by atoms with E-state index in [0.717, 1.165) is 25.9 Å². The van der Waals surface area contributed by atoms with E-state index in [9.17, 15) is 4.79 Å². The molecule has 1 aromatic rings. The van der Waals surface area contributed by atoms with E-state index in [1.165, 1.54) is 11.5 Å². The number of rotatable bonds is 4. The molecule has 0 spiro atoms. The summed E-state index contributed by atoms with van der Waals surface area (Å²) in [6.45, 7) is 0.844. The summed E-state index contributed by atoms with van der Waals surface area (Å²) in [6.07, 6.45) is 3.83. The van der Waals surface area contributed by atoms with Crippen molar-refractivity contribution in [1.82, 2.24) is 9.59 Å². The maximum atomic E-state index is 11.5. The van der Waals surface area contributed by atoms with E-state index in [2.05, 4.69) is 9.59 Å². The van der Waals surface area contributed by atoms with E-state index in [4.69, 9.17) is 4.74 Å². The summed E-state index contributed by atoms with van der Waals surface area (Å²) in [4.78, 5) is 11.5. The summed E-state index contributed by atoms with van der Waals surface area (Å²) in [7, 11) is 0. The second-order valence-electron chi connectivity index (χ2n) is 3.39. The highest BCUT2D eigenvalue weighted by Gasteiger charge is 2.17. The Morgan fingerprint density at radius 3 is 3.29 bits per heavy atom. The number of nitrogens with zero attached hydrogens (tertiary/aromatic N) is 2. The van der Waals surface area contributed by atoms with Crippen molar-refractivity contribution in [3.05, 3.63) is 11.1 Å². The maximum Gasteiger partial charge on any atom is 0.184 e. The lowest BCUT2D eigenvalue weighted by atomic mass is 10.1. The smallest absolute Gasteiger partial charge is 0.184 e. The minimum absolute atomic E-state index is 0.0780. The molecular weight excluding hydrogens is 200 g/mol. The average Bonchev–Trinajstić information content (AvgIpc) is 2.87. The molecule has 0 saturated carbocycles. The van der Waals surface area contributed by atoms with Crippen molar-refractivity contribution < 1.29 is 9.53 Å². The maximum absolute atomic E-state index is 11.5. The molecule has 1 saturated heterocycles. The highest BCUT2D eigenvalue weighted by Crippen LogP contribution is 2.17. The zero-order valence-corrected chi connectivity index (χ0v) is 8.63. The monoisotopic (exact) mass is 212 g/mol. The molecule has 2 heterocycles. The molecule has 1 aliphatic heterocycles. The van der Waals surface area contributed by atoms with Crippen molar-refractivity contribution in [2.75, 3.05) is 6.61 Å². The van der Waals surface area contributed by atoms with Crippen molar-refractivity contribution >= 4 is 17.3 Å². The summed E-state index contributed by atoms with van der Waals surface area (Å²) < 4.78 is 9.10. The number of Topliss-reactive ketones (excluding diaryl/α,β-unsaturated/α-hetero) is 1. The number of hydrogen-bond donors (Lipinski definition) is 0. The fraction of sp³-hybridized carbons (Fsp3) is 0.667. The van der Waals surface area contributed by atoms with E-state index in [1.807, 2.05) is 0 Å². The van der Waals surface area contributed by atoms with Gasteiger partial charge in [-0.2, -0.15) is 0 Å². The number of aromatic nitrogens is 2. The largest absolute Gasteiger partial charge is 0.378 e. The van der Waals surface area contributed by atoms with Crippen molar-refractivity contribution in [1.29, 1.82) is 0 Å². The molecule has 5 heteroatoms. The van der Waals surface area contributed by atoms with Crippen molar-refractivity contribution in [3.8, 4) is 0 Å². The molecule has 0 amide bonds. The standard InChI is InChI=1S/C9H12N2O2S/c12-9(8-6-14-11-10-8)4-3-7-2-1-5-13-7/h6-7H,1-5H2. The van der Waals surface area contributed by atoms with E-state index in [1.54, 1.807) is 5.38 Å². The van der Waals surface area contributed by atoms with Crippen LogP contribution < -0.4 is 0 Å². The Morgan fingerprint density at radius 2 is 2.64 bits per heavy atom. The Balaban J connectivity index is 1.78. The van der Waals surface area contributed by atoms with E-state index >= 15 is 0 Å². The number of hydrogen-bond acceptors (Lipinski definition) is 5. The van der Waals surface area contributed by atoms with Crippen LogP contribution in [0.4, 0.5) is 0 Å². The SMILES string of the molecule is O=C(CCC1CCCO1)c1csnn1. The molecule has 1 atom stereocenters. The van der Waals surface area contributed by atoms with Gasteiger partial charge in [-0.15, -0.1) is 5.10 Å². The number of ketones is 1. The van der Waals surface area contributed by atoms with Crippen LogP contribution >= 0.6 is 11.5 Å². The van der Waals surface area contributed by atoms with Gasteiger partial charge in [0.2, 0.25) is 0 Å². The van der Waals surface area contributed by atoms with E-state index in [-0.39, 0.29) is 11.9 Å². The zero-order chi connectivity index (χ0) is 9.80. The van der Waals surface area contributed by atoms with Gasteiger partial charge in [0.05, 0.1) is 6.10 Å². The summed E-state index contributed by atoms with van der Waals surface area (Å²) in [5.41, 5.74) is 0.494. The molecule has 0 bridgehead atoms. The molecule has 0 aromatic carbocycles. The van der Waals surface area contributed by atoms with E-state index < -0.39 is 0 Å². The van der Waals surface area contributed by atoms with Crippen LogP contribution in [0.25, 0.3) is 0 Å². The molecule has 1 unspecified atom stereocenters. The summed E-state index contributed by atoms with van der Waals surface area (Å²) in [6, 6.07) is 0. The topological polar surface area (TPSA) is 52.1 Å². The second kappa shape index (κ2) is 4.61. The van der Waals surface area contributed by atoms with Crippen molar-refractivity contribution in [2.24, 2.45) is 0 Å². The van der Waals surface area contributed by atoms with Gasteiger partial charge >= 0.3 is 0 Å². The molecule has 14 heavy (non-hydrogen) atoms. The first-order valence-corrected chi connectivity index (χ1v) is 5.62. The van der Waals surface area contributed by atoms with Gasteiger partial charge in [0, 0.05) is 18.4 Å². The summed E-state index contributed by atoms with van der Waals surface area (Å²) in [5.74, 6) is 0.0780. The third-order valence-electron chi connectivity index (χ3n) is 2.36. The fourth-order valence-electron chi connectivity index (χ4n) is 1.58. The number of ether oxygens (including phenoxy) is 1. The quantitative estimate of drug-likeness (QED) is 0.712. The first-order valence-electron chi connectivity index (χ1n) is 4.78. The van der Waals surface area contributed by atoms with Crippen LogP contribution in [-0.2, 0) is 4.74 Å². The van der Waals surface area contributed by atoms with Gasteiger partial charge in [-0.25, -0.2) is 0 Å². The molecule has 1 aliphatic rings. The fourth-order valence-corrected chi connectivity index (χ4v) is 2.04. The third kappa shape index (κ3) is 2.36. The lowest BCUT2D eigenvalue weighted by Crippen LogP contribution is -2.09. The predicted octanol–water partition coefficient (Wildman–Crippen LogP) is 1.68. The second-order valence-corrected chi connectivity index (χ2v) is 4.00. The van der Waals surface area contributed by atoms with Crippen LogP contribution in [0.5, 0.6) is 0 Å². The van der Waals surface area contributed by atoms with Crippen LogP contribution in [0, 0.1) is 0 Å². The van der Waals surface area contributed by atoms with Gasteiger partial charge in [0.1, 0.15) is 5.69 Å². The first kappa shape index (κ1) is 9.73. The van der Waals surface area contributed by atoms with Gasteiger partial charge in [-0.05, 0) is 30.8 Å². The van der Waals surface area contributed by atoms with Crippen LogP contribution in [0.3, 0.4) is 0 Å². The minimum atomic E-state index is 0.0780.